The Morgan fingerprint density at radius 1 is 1.28 bits per heavy atom. The molecule has 2 atom stereocenters. The van der Waals surface area contributed by atoms with Crippen molar-refractivity contribution in [3.63, 3.8) is 0 Å². The Kier molecular flexibility index (Phi) is 5.23. The molecule has 3 rings (SSSR count). The van der Waals surface area contributed by atoms with Gasteiger partial charge in [0, 0.05) is 25.7 Å². The molecular formula is C18H15F3N4O4. The molecule has 2 amide bonds. The average Bonchev–Trinajstić information content (AvgIpc) is 2.96. The zero-order chi connectivity index (χ0) is 21.3. The highest BCUT2D eigenvalue weighted by molar-refractivity contribution is 6.09. The maximum absolute atomic E-state index is 12.8. The molecule has 0 saturated carbocycles. The minimum atomic E-state index is -4.50. The number of nitro groups is 1. The van der Waals surface area contributed by atoms with Crippen molar-refractivity contribution in [2.45, 2.75) is 12.1 Å². The summed E-state index contributed by atoms with van der Waals surface area (Å²) in [6.07, 6.45) is -2.29. The quantitative estimate of drug-likeness (QED) is 0.476. The van der Waals surface area contributed by atoms with Gasteiger partial charge in [-0.05, 0) is 23.8 Å². The number of rotatable bonds is 4. The summed E-state index contributed by atoms with van der Waals surface area (Å²) >= 11 is 0. The van der Waals surface area contributed by atoms with E-state index in [1.807, 2.05) is 0 Å². The molecule has 1 fully saturated rings. The molecule has 1 aliphatic rings. The summed E-state index contributed by atoms with van der Waals surface area (Å²) in [4.78, 5) is 40.6. The highest BCUT2D eigenvalue weighted by atomic mass is 19.4. The highest BCUT2D eigenvalue weighted by Crippen LogP contribution is 2.36. The molecular weight excluding hydrogens is 393 g/mol. The number of hydrogen-bond donors (Lipinski definition) is 1. The molecule has 0 bridgehead atoms. The summed E-state index contributed by atoms with van der Waals surface area (Å²) in [6.45, 7) is 0.126. The average molecular weight is 408 g/mol. The zero-order valence-electron chi connectivity index (χ0n) is 15.0. The number of aromatic nitrogens is 1. The molecule has 1 aromatic carbocycles. The number of alkyl halides is 3. The molecule has 152 valence electrons. The van der Waals surface area contributed by atoms with Crippen LogP contribution in [0.2, 0.25) is 0 Å². The molecule has 0 spiro atoms. The van der Waals surface area contributed by atoms with Gasteiger partial charge in [0.15, 0.2) is 0 Å². The maximum Gasteiger partial charge on any atom is 0.416 e. The SMILES string of the molecule is CN1C[C@@H](c2ccc(C(F)(F)F)cc2)[C@H](C(=O)Nc2ccncc2[N+](=O)[O-])C1=O. The molecule has 0 radical (unpaired) electrons. The van der Waals surface area contributed by atoms with E-state index < -0.39 is 46.0 Å². The van der Waals surface area contributed by atoms with Gasteiger partial charge >= 0.3 is 11.9 Å². The predicted octanol–water partition coefficient (Wildman–Crippen LogP) is 2.82. The normalized spacial score (nSPS) is 19.3. The van der Waals surface area contributed by atoms with Gasteiger partial charge in [0.1, 0.15) is 17.8 Å². The smallest absolute Gasteiger partial charge is 0.344 e. The number of amides is 2. The largest absolute Gasteiger partial charge is 0.416 e. The van der Waals surface area contributed by atoms with Crippen molar-refractivity contribution < 1.29 is 27.7 Å². The molecule has 2 heterocycles. The molecule has 0 aliphatic carbocycles. The van der Waals surface area contributed by atoms with Crippen LogP contribution < -0.4 is 5.32 Å². The van der Waals surface area contributed by atoms with Gasteiger partial charge in [0.2, 0.25) is 11.8 Å². The molecule has 1 saturated heterocycles. The van der Waals surface area contributed by atoms with Crippen LogP contribution >= 0.6 is 0 Å². The van der Waals surface area contributed by atoms with Gasteiger partial charge in [0.05, 0.1) is 10.5 Å². The first-order valence-electron chi connectivity index (χ1n) is 8.41. The number of likely N-dealkylation sites (N-methyl/N-ethyl adjacent to an activating group) is 1. The molecule has 1 aliphatic heterocycles. The van der Waals surface area contributed by atoms with Crippen LogP contribution in [0.15, 0.2) is 42.7 Å². The maximum atomic E-state index is 12.8. The number of carbonyl (C=O) groups excluding carboxylic acids is 2. The number of carbonyl (C=O) groups is 2. The van der Waals surface area contributed by atoms with Crippen molar-refractivity contribution in [3.05, 3.63) is 64.0 Å². The van der Waals surface area contributed by atoms with E-state index in [1.54, 1.807) is 0 Å². The lowest BCUT2D eigenvalue weighted by Gasteiger charge is -2.17. The fourth-order valence-electron chi connectivity index (χ4n) is 3.26. The summed E-state index contributed by atoms with van der Waals surface area (Å²) in [5.74, 6) is -3.23. The van der Waals surface area contributed by atoms with Gasteiger partial charge in [-0.3, -0.25) is 24.7 Å². The molecule has 11 heteroatoms. The Morgan fingerprint density at radius 2 is 1.93 bits per heavy atom. The van der Waals surface area contributed by atoms with Crippen LogP contribution in [0, 0.1) is 16.0 Å². The van der Waals surface area contributed by atoms with Crippen molar-refractivity contribution >= 4 is 23.2 Å². The van der Waals surface area contributed by atoms with Crippen LogP contribution in [-0.2, 0) is 15.8 Å². The highest BCUT2D eigenvalue weighted by Gasteiger charge is 2.44. The fourth-order valence-corrected chi connectivity index (χ4v) is 3.26. The van der Waals surface area contributed by atoms with E-state index in [4.69, 9.17) is 0 Å². The third-order valence-electron chi connectivity index (χ3n) is 4.72. The minimum Gasteiger partial charge on any atom is -0.344 e. The van der Waals surface area contributed by atoms with Gasteiger partial charge in [-0.15, -0.1) is 0 Å². The van der Waals surface area contributed by atoms with Gasteiger partial charge in [-0.25, -0.2) is 0 Å². The number of hydrogen-bond acceptors (Lipinski definition) is 5. The van der Waals surface area contributed by atoms with Gasteiger partial charge in [0.25, 0.3) is 0 Å². The number of pyridine rings is 1. The molecule has 0 unspecified atom stereocenters. The first kappa shape index (κ1) is 20.2. The molecule has 8 nitrogen and oxygen atoms in total. The Bertz CT molecular complexity index is 962. The van der Waals surface area contributed by atoms with Crippen LogP contribution in [0.3, 0.4) is 0 Å². The number of likely N-dealkylation sites (tertiary alicyclic amines) is 1. The second-order valence-corrected chi connectivity index (χ2v) is 6.56. The van der Waals surface area contributed by atoms with Gasteiger partial charge in [-0.2, -0.15) is 13.2 Å². The van der Waals surface area contributed by atoms with Crippen LogP contribution in [0.1, 0.15) is 17.0 Å². The Morgan fingerprint density at radius 3 is 2.52 bits per heavy atom. The Hall–Kier alpha value is -3.50. The van der Waals surface area contributed by atoms with E-state index >= 15 is 0 Å². The summed E-state index contributed by atoms with van der Waals surface area (Å²) in [6, 6.07) is 5.47. The third kappa shape index (κ3) is 4.03. The summed E-state index contributed by atoms with van der Waals surface area (Å²) in [5, 5.41) is 13.5. The minimum absolute atomic E-state index is 0.122. The van der Waals surface area contributed by atoms with Crippen LogP contribution in [0.5, 0.6) is 0 Å². The lowest BCUT2D eigenvalue weighted by Crippen LogP contribution is -2.32. The van der Waals surface area contributed by atoms with Crippen LogP contribution in [0.25, 0.3) is 0 Å². The third-order valence-corrected chi connectivity index (χ3v) is 4.72. The van der Waals surface area contributed by atoms with Crippen molar-refractivity contribution in [1.29, 1.82) is 0 Å². The number of anilines is 1. The van der Waals surface area contributed by atoms with Crippen molar-refractivity contribution in [1.82, 2.24) is 9.88 Å². The van der Waals surface area contributed by atoms with Crippen LogP contribution in [-0.4, -0.2) is 40.2 Å². The fraction of sp³-hybridized carbons (Fsp3) is 0.278. The van der Waals surface area contributed by atoms with E-state index in [2.05, 4.69) is 10.3 Å². The van der Waals surface area contributed by atoms with E-state index in [9.17, 15) is 32.9 Å². The lowest BCUT2D eigenvalue weighted by molar-refractivity contribution is -0.384. The van der Waals surface area contributed by atoms with E-state index in [0.717, 1.165) is 18.3 Å². The molecule has 1 aromatic heterocycles. The Labute approximate surface area is 162 Å². The topological polar surface area (TPSA) is 105 Å². The van der Waals surface area contributed by atoms with E-state index in [0.29, 0.717) is 5.56 Å². The number of nitrogens with zero attached hydrogens (tertiary/aromatic N) is 3. The predicted molar refractivity (Wildman–Crippen MR) is 94.8 cm³/mol. The van der Waals surface area contributed by atoms with Crippen LogP contribution in [0.4, 0.5) is 24.5 Å². The monoisotopic (exact) mass is 408 g/mol. The van der Waals surface area contributed by atoms with Gasteiger partial charge in [-0.1, -0.05) is 12.1 Å². The standard InChI is InChI=1S/C18H15F3N4O4/c1-24-9-12(10-2-4-11(5-3-10)18(19,20)21)15(17(24)27)16(26)23-13-6-7-22-8-14(13)25(28)29/h2-8,12,15H,9H2,1H3,(H,22,23,26)/t12-,15+/m0/s1. The van der Waals surface area contributed by atoms with E-state index in [1.165, 1.54) is 36.3 Å². The first-order valence-corrected chi connectivity index (χ1v) is 8.41. The van der Waals surface area contributed by atoms with Crippen molar-refractivity contribution in [2.75, 3.05) is 18.9 Å². The Balaban J connectivity index is 1.89. The molecule has 2 aromatic rings. The van der Waals surface area contributed by atoms with Crippen molar-refractivity contribution in [3.8, 4) is 0 Å². The van der Waals surface area contributed by atoms with E-state index in [-0.39, 0.29) is 12.2 Å². The number of nitrogens with one attached hydrogen (secondary N) is 1. The second-order valence-electron chi connectivity index (χ2n) is 6.56. The first-order chi connectivity index (χ1) is 13.6. The summed E-state index contributed by atoms with van der Waals surface area (Å²) in [5.41, 5.74) is -1.01. The van der Waals surface area contributed by atoms with Gasteiger partial charge < -0.3 is 10.2 Å². The molecule has 1 N–H and O–H groups in total. The second kappa shape index (κ2) is 7.49. The molecule has 29 heavy (non-hydrogen) atoms. The zero-order valence-corrected chi connectivity index (χ0v) is 15.0. The summed E-state index contributed by atoms with van der Waals surface area (Å²) < 4.78 is 38.4. The summed E-state index contributed by atoms with van der Waals surface area (Å²) in [7, 11) is 1.47. The lowest BCUT2D eigenvalue weighted by atomic mass is 9.87. The number of halogens is 3. The van der Waals surface area contributed by atoms with Crippen molar-refractivity contribution in [2.24, 2.45) is 5.92 Å². The number of benzene rings is 1.